The molecule has 4 unspecified atom stereocenters. The van der Waals surface area contributed by atoms with Gasteiger partial charge < -0.3 is 14.9 Å². The maximum absolute atomic E-state index is 12.2. The summed E-state index contributed by atoms with van der Waals surface area (Å²) in [6.45, 7) is 0. The number of ketones is 2. The number of ether oxygens (including phenoxy) is 1. The molecule has 0 aliphatic carbocycles. The van der Waals surface area contributed by atoms with Crippen LogP contribution in [0.3, 0.4) is 0 Å². The molecule has 1 aliphatic rings. The molecule has 0 radical (unpaired) electrons. The second-order valence-corrected chi connectivity index (χ2v) is 6.91. The number of hydrogen-bond donors (Lipinski definition) is 2. The molecule has 1 aliphatic heterocycles. The van der Waals surface area contributed by atoms with Gasteiger partial charge in [-0.25, -0.2) is 0 Å². The van der Waals surface area contributed by atoms with Crippen molar-refractivity contribution in [1.82, 2.24) is 0 Å². The maximum Gasteiger partial charge on any atom is 0.165 e. The summed E-state index contributed by atoms with van der Waals surface area (Å²) in [6, 6.07) is 17.6. The highest BCUT2D eigenvalue weighted by molar-refractivity contribution is 5.96. The summed E-state index contributed by atoms with van der Waals surface area (Å²) in [5.41, 5.74) is 1.11. The van der Waals surface area contributed by atoms with E-state index < -0.39 is 24.4 Å². The molecule has 1 fully saturated rings. The second-order valence-electron chi connectivity index (χ2n) is 6.91. The number of rotatable bonds is 8. The molecular formula is C22H24O5. The Balaban J connectivity index is 1.50. The van der Waals surface area contributed by atoms with Crippen LogP contribution >= 0.6 is 0 Å². The first-order chi connectivity index (χ1) is 13.0. The zero-order valence-electron chi connectivity index (χ0n) is 15.0. The minimum Gasteiger partial charge on any atom is -0.390 e. The van der Waals surface area contributed by atoms with Crippen molar-refractivity contribution in [2.45, 2.75) is 50.1 Å². The van der Waals surface area contributed by atoms with E-state index in [2.05, 4.69) is 0 Å². The van der Waals surface area contributed by atoms with Gasteiger partial charge in [0.1, 0.15) is 0 Å². The average molecular weight is 368 g/mol. The van der Waals surface area contributed by atoms with E-state index in [1.807, 2.05) is 12.1 Å². The highest BCUT2D eigenvalue weighted by atomic mass is 16.5. The van der Waals surface area contributed by atoms with Crippen LogP contribution in [-0.4, -0.2) is 46.2 Å². The van der Waals surface area contributed by atoms with Crippen molar-refractivity contribution in [3.05, 3.63) is 71.8 Å². The monoisotopic (exact) mass is 368 g/mol. The van der Waals surface area contributed by atoms with Gasteiger partial charge in [-0.15, -0.1) is 0 Å². The second kappa shape index (κ2) is 9.04. The third kappa shape index (κ3) is 5.10. The van der Waals surface area contributed by atoms with Gasteiger partial charge in [-0.1, -0.05) is 60.7 Å². The van der Waals surface area contributed by atoms with Gasteiger partial charge in [0.25, 0.3) is 0 Å². The normalized spacial score (nSPS) is 21.6. The SMILES string of the molecule is O=C(CC(O)C1CCC(C(O)CC(=O)c2ccccc2)O1)c1ccccc1. The molecule has 2 N–H and O–H groups in total. The standard InChI is InChI=1S/C22H24O5/c23-17(15-7-3-1-4-8-15)13-19(25)21-11-12-22(27-21)20(26)14-18(24)16-9-5-2-6-10-16/h1-10,19-22,25-26H,11-14H2. The van der Waals surface area contributed by atoms with Crippen LogP contribution in [0.4, 0.5) is 0 Å². The molecule has 2 aromatic carbocycles. The van der Waals surface area contributed by atoms with Crippen LogP contribution in [0.5, 0.6) is 0 Å². The summed E-state index contributed by atoms with van der Waals surface area (Å²) in [5.74, 6) is -0.287. The molecule has 3 rings (SSSR count). The van der Waals surface area contributed by atoms with E-state index in [-0.39, 0.29) is 24.4 Å². The minimum atomic E-state index is -0.931. The molecular weight excluding hydrogens is 344 g/mol. The minimum absolute atomic E-state index is 0.0273. The van der Waals surface area contributed by atoms with E-state index in [0.29, 0.717) is 24.0 Å². The molecule has 1 heterocycles. The van der Waals surface area contributed by atoms with Gasteiger partial charge in [-0.05, 0) is 12.8 Å². The molecule has 2 aromatic rings. The Morgan fingerprint density at radius 3 is 1.52 bits per heavy atom. The van der Waals surface area contributed by atoms with Gasteiger partial charge in [-0.2, -0.15) is 0 Å². The molecule has 0 spiro atoms. The van der Waals surface area contributed by atoms with Crippen molar-refractivity contribution >= 4 is 11.6 Å². The van der Waals surface area contributed by atoms with Crippen molar-refractivity contribution in [2.75, 3.05) is 0 Å². The van der Waals surface area contributed by atoms with E-state index in [4.69, 9.17) is 4.74 Å². The van der Waals surface area contributed by atoms with Crippen LogP contribution < -0.4 is 0 Å². The van der Waals surface area contributed by atoms with Crippen LogP contribution in [0.15, 0.2) is 60.7 Å². The van der Waals surface area contributed by atoms with E-state index >= 15 is 0 Å². The average Bonchev–Trinajstić information content (AvgIpc) is 3.20. The maximum atomic E-state index is 12.2. The molecule has 0 amide bonds. The first-order valence-electron chi connectivity index (χ1n) is 9.22. The van der Waals surface area contributed by atoms with Gasteiger partial charge >= 0.3 is 0 Å². The Labute approximate surface area is 158 Å². The number of carbonyl (C=O) groups excluding carboxylic acids is 2. The van der Waals surface area contributed by atoms with Crippen LogP contribution in [0.2, 0.25) is 0 Å². The summed E-state index contributed by atoms with van der Waals surface area (Å²) in [5, 5.41) is 20.7. The fraction of sp³-hybridized carbons (Fsp3) is 0.364. The number of aliphatic hydroxyl groups is 2. The smallest absolute Gasteiger partial charge is 0.165 e. The number of aliphatic hydroxyl groups excluding tert-OH is 2. The molecule has 5 nitrogen and oxygen atoms in total. The quantitative estimate of drug-likeness (QED) is 0.700. The van der Waals surface area contributed by atoms with Gasteiger partial charge in [0, 0.05) is 24.0 Å². The van der Waals surface area contributed by atoms with Crippen molar-refractivity contribution in [1.29, 1.82) is 0 Å². The van der Waals surface area contributed by atoms with Crippen molar-refractivity contribution in [3.8, 4) is 0 Å². The number of Topliss-reactive ketones (excluding diaryl/α,β-unsaturated/α-hetero) is 2. The summed E-state index contributed by atoms with van der Waals surface area (Å²) in [4.78, 5) is 24.4. The third-order valence-electron chi connectivity index (χ3n) is 4.92. The van der Waals surface area contributed by atoms with Gasteiger partial charge in [0.05, 0.1) is 24.4 Å². The Bertz CT molecular complexity index is 693. The molecule has 0 bridgehead atoms. The lowest BCUT2D eigenvalue weighted by Crippen LogP contribution is -2.33. The van der Waals surface area contributed by atoms with Crippen molar-refractivity contribution in [3.63, 3.8) is 0 Å². The molecule has 142 valence electrons. The predicted molar refractivity (Wildman–Crippen MR) is 101 cm³/mol. The zero-order valence-corrected chi connectivity index (χ0v) is 15.0. The van der Waals surface area contributed by atoms with Crippen LogP contribution in [0.25, 0.3) is 0 Å². The zero-order chi connectivity index (χ0) is 19.2. The fourth-order valence-electron chi connectivity index (χ4n) is 3.38. The molecule has 27 heavy (non-hydrogen) atoms. The predicted octanol–water partition coefficient (Wildman–Crippen LogP) is 2.80. The Morgan fingerprint density at radius 1 is 0.778 bits per heavy atom. The van der Waals surface area contributed by atoms with Crippen LogP contribution in [0, 0.1) is 0 Å². The largest absolute Gasteiger partial charge is 0.390 e. The summed E-state index contributed by atoms with van der Waals surface area (Å²) < 4.78 is 5.75. The first-order valence-corrected chi connectivity index (χ1v) is 9.22. The molecule has 1 saturated heterocycles. The molecule has 4 atom stereocenters. The summed E-state index contributed by atoms with van der Waals surface area (Å²) >= 11 is 0. The number of benzene rings is 2. The summed E-state index contributed by atoms with van der Waals surface area (Å²) in [6.07, 6.45) is -1.84. The van der Waals surface area contributed by atoms with E-state index in [1.165, 1.54) is 0 Å². The van der Waals surface area contributed by atoms with Gasteiger partial charge in [0.2, 0.25) is 0 Å². The van der Waals surface area contributed by atoms with E-state index in [0.717, 1.165) is 0 Å². The lowest BCUT2D eigenvalue weighted by molar-refractivity contribution is -0.0736. The Morgan fingerprint density at radius 2 is 1.15 bits per heavy atom. The third-order valence-corrected chi connectivity index (χ3v) is 4.92. The number of hydrogen-bond acceptors (Lipinski definition) is 5. The summed E-state index contributed by atoms with van der Waals surface area (Å²) in [7, 11) is 0. The first kappa shape index (κ1) is 19.4. The molecule has 0 aromatic heterocycles. The molecule has 0 saturated carbocycles. The van der Waals surface area contributed by atoms with Crippen molar-refractivity contribution < 1.29 is 24.5 Å². The topological polar surface area (TPSA) is 83.8 Å². The lowest BCUT2D eigenvalue weighted by atomic mass is 9.99. The number of carbonyl (C=O) groups is 2. The Hall–Kier alpha value is -2.34. The fourth-order valence-corrected chi connectivity index (χ4v) is 3.38. The van der Waals surface area contributed by atoms with Crippen LogP contribution in [0.1, 0.15) is 46.4 Å². The molecule has 5 heteroatoms. The van der Waals surface area contributed by atoms with Crippen molar-refractivity contribution in [2.24, 2.45) is 0 Å². The highest BCUT2D eigenvalue weighted by Crippen LogP contribution is 2.27. The van der Waals surface area contributed by atoms with Gasteiger partial charge in [-0.3, -0.25) is 9.59 Å². The lowest BCUT2D eigenvalue weighted by Gasteiger charge is -2.21. The van der Waals surface area contributed by atoms with Gasteiger partial charge in [0.15, 0.2) is 11.6 Å². The van der Waals surface area contributed by atoms with E-state index in [1.54, 1.807) is 48.5 Å². The van der Waals surface area contributed by atoms with E-state index in [9.17, 15) is 19.8 Å². The highest BCUT2D eigenvalue weighted by Gasteiger charge is 2.36. The Kier molecular flexibility index (Phi) is 6.50. The van der Waals surface area contributed by atoms with Crippen LogP contribution in [-0.2, 0) is 4.74 Å².